The Morgan fingerprint density at radius 2 is 1.76 bits per heavy atom. The smallest absolute Gasteiger partial charge is 0.163 e. The lowest BCUT2D eigenvalue weighted by atomic mass is 10.1. The number of hydrogen-bond acceptors (Lipinski definition) is 5. The van der Waals surface area contributed by atoms with Crippen molar-refractivity contribution in [2.45, 2.75) is 0 Å². The molecule has 0 saturated heterocycles. The van der Waals surface area contributed by atoms with E-state index in [9.17, 15) is 0 Å². The number of benzene rings is 1. The van der Waals surface area contributed by atoms with Crippen molar-refractivity contribution >= 4 is 5.65 Å². The first-order chi connectivity index (χ1) is 12.3. The molecule has 4 aromatic rings. The molecule has 3 aromatic heterocycles. The van der Waals surface area contributed by atoms with Crippen LogP contribution in [-0.4, -0.2) is 33.8 Å². The summed E-state index contributed by atoms with van der Waals surface area (Å²) >= 11 is 0. The standard InChI is InChI=1S/C19H16N4O2/c1-24-17-7-6-13(11-18(17)25-2)14-12-22-23-16(8-10-21-19(14)23)15-5-3-4-9-20-15/h3-12H,1-2H3. The van der Waals surface area contributed by atoms with Crippen molar-refractivity contribution in [2.24, 2.45) is 0 Å². The fourth-order valence-electron chi connectivity index (χ4n) is 2.81. The van der Waals surface area contributed by atoms with Crippen molar-refractivity contribution in [2.75, 3.05) is 14.2 Å². The quantitative estimate of drug-likeness (QED) is 0.572. The summed E-state index contributed by atoms with van der Waals surface area (Å²) in [5.74, 6) is 1.35. The van der Waals surface area contributed by atoms with Gasteiger partial charge in [-0.05, 0) is 35.9 Å². The predicted molar refractivity (Wildman–Crippen MR) is 94.8 cm³/mol. The SMILES string of the molecule is COc1ccc(-c2cnn3c(-c4ccccn4)ccnc23)cc1OC. The summed E-state index contributed by atoms with van der Waals surface area (Å²) in [5, 5.41) is 4.51. The van der Waals surface area contributed by atoms with Crippen LogP contribution in [0.25, 0.3) is 28.2 Å². The van der Waals surface area contributed by atoms with E-state index in [2.05, 4.69) is 15.1 Å². The van der Waals surface area contributed by atoms with Crippen molar-refractivity contribution in [3.8, 4) is 34.0 Å². The highest BCUT2D eigenvalue weighted by molar-refractivity contribution is 5.79. The fourth-order valence-corrected chi connectivity index (χ4v) is 2.81. The maximum Gasteiger partial charge on any atom is 0.163 e. The van der Waals surface area contributed by atoms with Crippen molar-refractivity contribution in [1.82, 2.24) is 19.6 Å². The second-order valence-electron chi connectivity index (χ2n) is 5.41. The molecule has 0 aliphatic rings. The summed E-state index contributed by atoms with van der Waals surface area (Å²) in [7, 11) is 3.24. The molecule has 0 radical (unpaired) electrons. The molecule has 25 heavy (non-hydrogen) atoms. The number of ether oxygens (including phenoxy) is 2. The maximum atomic E-state index is 5.40. The van der Waals surface area contributed by atoms with Crippen LogP contribution in [-0.2, 0) is 0 Å². The first-order valence-corrected chi connectivity index (χ1v) is 7.78. The lowest BCUT2D eigenvalue weighted by molar-refractivity contribution is 0.355. The number of rotatable bonds is 4. The summed E-state index contributed by atoms with van der Waals surface area (Å²) in [6.07, 6.45) is 5.33. The van der Waals surface area contributed by atoms with Gasteiger partial charge in [-0.2, -0.15) is 5.10 Å². The Labute approximate surface area is 144 Å². The van der Waals surface area contributed by atoms with E-state index >= 15 is 0 Å². The van der Waals surface area contributed by atoms with Crippen LogP contribution in [0.1, 0.15) is 0 Å². The minimum Gasteiger partial charge on any atom is -0.493 e. The minimum atomic E-state index is 0.667. The first kappa shape index (κ1) is 15.1. The molecule has 0 saturated carbocycles. The number of nitrogens with zero attached hydrogens (tertiary/aromatic N) is 4. The van der Waals surface area contributed by atoms with E-state index in [0.29, 0.717) is 11.5 Å². The van der Waals surface area contributed by atoms with Crippen molar-refractivity contribution < 1.29 is 9.47 Å². The molecule has 0 fully saturated rings. The molecule has 0 spiro atoms. The Morgan fingerprint density at radius 3 is 2.52 bits per heavy atom. The number of hydrogen-bond donors (Lipinski definition) is 0. The monoisotopic (exact) mass is 332 g/mol. The molecule has 124 valence electrons. The third-order valence-electron chi connectivity index (χ3n) is 4.02. The molecule has 0 aliphatic carbocycles. The van der Waals surface area contributed by atoms with Gasteiger partial charge in [-0.1, -0.05) is 12.1 Å². The molecule has 6 nitrogen and oxygen atoms in total. The zero-order valence-corrected chi connectivity index (χ0v) is 13.9. The Bertz CT molecular complexity index is 1030. The summed E-state index contributed by atoms with van der Waals surface area (Å²) in [4.78, 5) is 8.91. The van der Waals surface area contributed by atoms with E-state index in [1.807, 2.05) is 42.5 Å². The summed E-state index contributed by atoms with van der Waals surface area (Å²) in [6, 6.07) is 13.5. The minimum absolute atomic E-state index is 0.667. The average molecular weight is 332 g/mol. The van der Waals surface area contributed by atoms with Gasteiger partial charge in [-0.15, -0.1) is 0 Å². The highest BCUT2D eigenvalue weighted by Crippen LogP contribution is 2.34. The Kier molecular flexibility index (Phi) is 3.78. The average Bonchev–Trinajstić information content (AvgIpc) is 3.12. The molecule has 0 aliphatic heterocycles. The van der Waals surface area contributed by atoms with Gasteiger partial charge >= 0.3 is 0 Å². The molecule has 0 amide bonds. The Hall–Kier alpha value is -3.41. The number of aromatic nitrogens is 4. The lowest BCUT2D eigenvalue weighted by Gasteiger charge is -2.09. The highest BCUT2D eigenvalue weighted by Gasteiger charge is 2.14. The number of pyridine rings is 1. The summed E-state index contributed by atoms with van der Waals surface area (Å²) in [5.41, 5.74) is 4.36. The molecular formula is C19H16N4O2. The zero-order valence-electron chi connectivity index (χ0n) is 13.9. The second kappa shape index (κ2) is 6.24. The molecule has 0 atom stereocenters. The molecule has 4 rings (SSSR count). The maximum absolute atomic E-state index is 5.40. The molecule has 3 heterocycles. The van der Waals surface area contributed by atoms with Crippen LogP contribution < -0.4 is 9.47 Å². The van der Waals surface area contributed by atoms with Gasteiger partial charge in [0.25, 0.3) is 0 Å². The van der Waals surface area contributed by atoms with Gasteiger partial charge in [-0.25, -0.2) is 9.50 Å². The summed E-state index contributed by atoms with van der Waals surface area (Å²) < 4.78 is 12.5. The van der Waals surface area contributed by atoms with Gasteiger partial charge in [0.15, 0.2) is 17.1 Å². The highest BCUT2D eigenvalue weighted by atomic mass is 16.5. The molecule has 0 bridgehead atoms. The van der Waals surface area contributed by atoms with Crippen LogP contribution >= 0.6 is 0 Å². The summed E-state index contributed by atoms with van der Waals surface area (Å²) in [6.45, 7) is 0. The number of fused-ring (bicyclic) bond motifs is 1. The molecule has 0 N–H and O–H groups in total. The van der Waals surface area contributed by atoms with Crippen LogP contribution in [0, 0.1) is 0 Å². The largest absolute Gasteiger partial charge is 0.493 e. The van der Waals surface area contributed by atoms with Crippen molar-refractivity contribution in [3.63, 3.8) is 0 Å². The lowest BCUT2D eigenvalue weighted by Crippen LogP contribution is -1.97. The molecule has 1 aromatic carbocycles. The fraction of sp³-hybridized carbons (Fsp3) is 0.105. The number of methoxy groups -OCH3 is 2. The first-order valence-electron chi connectivity index (χ1n) is 7.78. The Balaban J connectivity index is 1.88. The molecule has 0 unspecified atom stereocenters. The van der Waals surface area contributed by atoms with Gasteiger partial charge in [0, 0.05) is 18.0 Å². The van der Waals surface area contributed by atoms with Crippen molar-refractivity contribution in [3.05, 3.63) is 61.1 Å². The molecule has 6 heteroatoms. The van der Waals surface area contributed by atoms with Crippen LogP contribution in [0.2, 0.25) is 0 Å². The van der Waals surface area contributed by atoms with E-state index in [1.54, 1.807) is 37.3 Å². The van der Waals surface area contributed by atoms with Gasteiger partial charge in [0.05, 0.1) is 31.8 Å². The van der Waals surface area contributed by atoms with E-state index in [4.69, 9.17) is 9.47 Å². The van der Waals surface area contributed by atoms with Gasteiger partial charge in [-0.3, -0.25) is 4.98 Å². The van der Waals surface area contributed by atoms with Crippen LogP contribution in [0.4, 0.5) is 0 Å². The van der Waals surface area contributed by atoms with E-state index in [0.717, 1.165) is 28.2 Å². The van der Waals surface area contributed by atoms with Gasteiger partial charge < -0.3 is 9.47 Å². The van der Waals surface area contributed by atoms with Crippen LogP contribution in [0.5, 0.6) is 11.5 Å². The third-order valence-corrected chi connectivity index (χ3v) is 4.02. The second-order valence-corrected chi connectivity index (χ2v) is 5.41. The zero-order chi connectivity index (χ0) is 17.2. The van der Waals surface area contributed by atoms with E-state index in [-0.39, 0.29) is 0 Å². The van der Waals surface area contributed by atoms with Gasteiger partial charge in [0.1, 0.15) is 0 Å². The van der Waals surface area contributed by atoms with Gasteiger partial charge in [0.2, 0.25) is 0 Å². The van der Waals surface area contributed by atoms with Crippen LogP contribution in [0.3, 0.4) is 0 Å². The normalized spacial score (nSPS) is 10.8. The van der Waals surface area contributed by atoms with Crippen molar-refractivity contribution in [1.29, 1.82) is 0 Å². The van der Waals surface area contributed by atoms with E-state index < -0.39 is 0 Å². The molecular weight excluding hydrogens is 316 g/mol. The van der Waals surface area contributed by atoms with E-state index in [1.165, 1.54) is 0 Å². The Morgan fingerprint density at radius 1 is 0.880 bits per heavy atom. The predicted octanol–water partition coefficient (Wildman–Crippen LogP) is 3.48. The van der Waals surface area contributed by atoms with Crippen LogP contribution in [0.15, 0.2) is 61.1 Å². The topological polar surface area (TPSA) is 61.5 Å². The third kappa shape index (κ3) is 2.57.